The van der Waals surface area contributed by atoms with Crippen LogP contribution in [0.15, 0.2) is 45.6 Å². The Balaban J connectivity index is 2.09. The van der Waals surface area contributed by atoms with Gasteiger partial charge in [-0.15, -0.1) is 0 Å². The Morgan fingerprint density at radius 3 is 2.76 bits per heavy atom. The van der Waals surface area contributed by atoms with Crippen LogP contribution in [0.5, 0.6) is 0 Å². The maximum atomic E-state index is 13.1. The third kappa shape index (κ3) is 2.34. The van der Waals surface area contributed by atoms with Crippen molar-refractivity contribution >= 4 is 22.7 Å². The molecule has 3 rings (SSSR count). The highest BCUT2D eigenvalue weighted by atomic mass is 35.5. The van der Waals surface area contributed by atoms with Gasteiger partial charge in [-0.05, 0) is 29.8 Å². The molecule has 6 heteroatoms. The van der Waals surface area contributed by atoms with Gasteiger partial charge in [-0.25, -0.2) is 9.18 Å². The number of halogens is 2. The summed E-state index contributed by atoms with van der Waals surface area (Å²) in [6, 6.07) is 8.71. The molecule has 2 aromatic carbocycles. The molecular formula is C15H11ClFNO3. The maximum absolute atomic E-state index is 13.1. The Bertz CT molecular complexity index is 884. The molecule has 1 heterocycles. The lowest BCUT2D eigenvalue weighted by atomic mass is 10.0. The zero-order valence-electron chi connectivity index (χ0n) is 11.0. The molecule has 108 valence electrons. The fourth-order valence-electron chi connectivity index (χ4n) is 2.22. The lowest BCUT2D eigenvalue weighted by Crippen LogP contribution is -2.08. The SMILES string of the molecule is Cn1c(=O)oc2cc(C(O)c3ccc(F)cc3Cl)ccc21. The topological polar surface area (TPSA) is 55.4 Å². The van der Waals surface area contributed by atoms with Gasteiger partial charge in [0.15, 0.2) is 5.58 Å². The summed E-state index contributed by atoms with van der Waals surface area (Å²) in [5, 5.41) is 10.5. The molecule has 4 nitrogen and oxygen atoms in total. The molecule has 3 aromatic rings. The standard InChI is InChI=1S/C15H11ClFNO3/c1-18-12-5-2-8(6-13(12)21-15(18)20)14(19)10-4-3-9(17)7-11(10)16/h2-7,14,19H,1H3. The molecule has 0 saturated heterocycles. The fraction of sp³-hybridized carbons (Fsp3) is 0.133. The van der Waals surface area contributed by atoms with Gasteiger partial charge >= 0.3 is 5.76 Å². The smallest absolute Gasteiger partial charge is 0.408 e. The summed E-state index contributed by atoms with van der Waals surface area (Å²) in [6.45, 7) is 0. The van der Waals surface area contributed by atoms with Gasteiger partial charge in [0.1, 0.15) is 11.9 Å². The van der Waals surface area contributed by atoms with E-state index in [1.54, 1.807) is 25.2 Å². The third-order valence-corrected chi connectivity index (χ3v) is 3.72. The second-order valence-electron chi connectivity index (χ2n) is 4.72. The van der Waals surface area contributed by atoms with Crippen LogP contribution in [-0.2, 0) is 7.05 Å². The number of aliphatic hydroxyl groups is 1. The van der Waals surface area contributed by atoms with E-state index in [4.69, 9.17) is 16.0 Å². The summed E-state index contributed by atoms with van der Waals surface area (Å²) in [7, 11) is 1.60. The van der Waals surface area contributed by atoms with E-state index in [9.17, 15) is 14.3 Å². The second kappa shape index (κ2) is 5.02. The van der Waals surface area contributed by atoms with Crippen molar-refractivity contribution in [2.45, 2.75) is 6.10 Å². The monoisotopic (exact) mass is 307 g/mol. The molecule has 0 bridgehead atoms. The zero-order chi connectivity index (χ0) is 15.1. The van der Waals surface area contributed by atoms with Crippen molar-refractivity contribution in [3.8, 4) is 0 Å². The summed E-state index contributed by atoms with van der Waals surface area (Å²) in [6.07, 6.45) is -1.03. The van der Waals surface area contributed by atoms with E-state index >= 15 is 0 Å². The molecule has 1 aromatic heterocycles. The molecular weight excluding hydrogens is 297 g/mol. The first kappa shape index (κ1) is 13.9. The van der Waals surface area contributed by atoms with Crippen LogP contribution >= 0.6 is 11.6 Å². The molecule has 0 saturated carbocycles. The Morgan fingerprint density at radius 2 is 2.05 bits per heavy atom. The van der Waals surface area contributed by atoms with Gasteiger partial charge < -0.3 is 9.52 Å². The minimum atomic E-state index is -1.03. The van der Waals surface area contributed by atoms with Crippen LogP contribution in [-0.4, -0.2) is 9.67 Å². The van der Waals surface area contributed by atoms with Gasteiger partial charge in [0, 0.05) is 17.6 Å². The average molecular weight is 308 g/mol. The number of aryl methyl sites for hydroxylation is 1. The van der Waals surface area contributed by atoms with Crippen LogP contribution in [0.3, 0.4) is 0 Å². The number of hydrogen-bond donors (Lipinski definition) is 1. The van der Waals surface area contributed by atoms with E-state index < -0.39 is 17.7 Å². The fourth-order valence-corrected chi connectivity index (χ4v) is 2.49. The van der Waals surface area contributed by atoms with E-state index in [1.165, 1.54) is 16.7 Å². The Hall–Kier alpha value is -2.11. The highest BCUT2D eigenvalue weighted by Crippen LogP contribution is 2.30. The third-order valence-electron chi connectivity index (χ3n) is 3.39. The minimum Gasteiger partial charge on any atom is -0.408 e. The number of oxazole rings is 1. The van der Waals surface area contributed by atoms with E-state index in [0.29, 0.717) is 22.2 Å². The van der Waals surface area contributed by atoms with E-state index in [1.807, 2.05) is 0 Å². The van der Waals surface area contributed by atoms with Crippen LogP contribution in [0.25, 0.3) is 11.1 Å². The summed E-state index contributed by atoms with van der Waals surface area (Å²) in [5.41, 5.74) is 1.89. The first-order chi connectivity index (χ1) is 9.97. The van der Waals surface area contributed by atoms with Gasteiger partial charge in [0.05, 0.1) is 5.52 Å². The van der Waals surface area contributed by atoms with Crippen molar-refractivity contribution < 1.29 is 13.9 Å². The highest BCUT2D eigenvalue weighted by molar-refractivity contribution is 6.31. The van der Waals surface area contributed by atoms with Crippen LogP contribution in [0.4, 0.5) is 4.39 Å². The number of aliphatic hydroxyl groups excluding tert-OH is 1. The normalized spacial score (nSPS) is 12.8. The molecule has 0 aliphatic rings. The van der Waals surface area contributed by atoms with E-state index in [-0.39, 0.29) is 5.02 Å². The average Bonchev–Trinajstić information content (AvgIpc) is 2.73. The predicted molar refractivity (Wildman–Crippen MR) is 76.9 cm³/mol. The van der Waals surface area contributed by atoms with Gasteiger partial charge in [-0.3, -0.25) is 4.57 Å². The van der Waals surface area contributed by atoms with Crippen molar-refractivity contribution in [3.05, 3.63) is 68.9 Å². The van der Waals surface area contributed by atoms with Crippen molar-refractivity contribution in [1.82, 2.24) is 4.57 Å². The molecule has 0 aliphatic carbocycles. The van der Waals surface area contributed by atoms with Crippen LogP contribution in [0.1, 0.15) is 17.2 Å². The van der Waals surface area contributed by atoms with Crippen molar-refractivity contribution in [2.75, 3.05) is 0 Å². The first-order valence-corrected chi connectivity index (χ1v) is 6.57. The molecule has 1 N–H and O–H groups in total. The summed E-state index contributed by atoms with van der Waals surface area (Å²) >= 11 is 5.94. The number of nitrogens with zero attached hydrogens (tertiary/aromatic N) is 1. The van der Waals surface area contributed by atoms with Gasteiger partial charge in [0.2, 0.25) is 0 Å². The number of aromatic nitrogens is 1. The number of benzene rings is 2. The van der Waals surface area contributed by atoms with Crippen molar-refractivity contribution in [1.29, 1.82) is 0 Å². The van der Waals surface area contributed by atoms with Crippen LogP contribution in [0, 0.1) is 5.82 Å². The lowest BCUT2D eigenvalue weighted by Gasteiger charge is -2.13. The van der Waals surface area contributed by atoms with Crippen LogP contribution in [0.2, 0.25) is 5.02 Å². The van der Waals surface area contributed by atoms with Crippen molar-refractivity contribution in [3.63, 3.8) is 0 Å². The molecule has 1 unspecified atom stereocenters. The number of hydrogen-bond acceptors (Lipinski definition) is 3. The highest BCUT2D eigenvalue weighted by Gasteiger charge is 2.16. The lowest BCUT2D eigenvalue weighted by molar-refractivity contribution is 0.220. The van der Waals surface area contributed by atoms with Crippen molar-refractivity contribution in [2.24, 2.45) is 7.05 Å². The Kier molecular flexibility index (Phi) is 3.31. The second-order valence-corrected chi connectivity index (χ2v) is 5.13. The largest absolute Gasteiger partial charge is 0.419 e. The Labute approximate surface area is 124 Å². The summed E-state index contributed by atoms with van der Waals surface area (Å²) in [5.74, 6) is -0.947. The molecule has 21 heavy (non-hydrogen) atoms. The molecule has 0 radical (unpaired) electrons. The molecule has 0 fully saturated rings. The van der Waals surface area contributed by atoms with Crippen LogP contribution < -0.4 is 5.76 Å². The molecule has 0 aliphatic heterocycles. The van der Waals surface area contributed by atoms with Gasteiger partial charge in [-0.2, -0.15) is 0 Å². The maximum Gasteiger partial charge on any atom is 0.419 e. The molecule has 0 spiro atoms. The first-order valence-electron chi connectivity index (χ1n) is 6.20. The zero-order valence-corrected chi connectivity index (χ0v) is 11.8. The number of fused-ring (bicyclic) bond motifs is 1. The van der Waals surface area contributed by atoms with Gasteiger partial charge in [-0.1, -0.05) is 23.7 Å². The van der Waals surface area contributed by atoms with E-state index in [0.717, 1.165) is 6.07 Å². The molecule has 1 atom stereocenters. The van der Waals surface area contributed by atoms with E-state index in [2.05, 4.69) is 0 Å². The van der Waals surface area contributed by atoms with Gasteiger partial charge in [0.25, 0.3) is 0 Å². The quantitative estimate of drug-likeness (QED) is 0.792. The minimum absolute atomic E-state index is 0.136. The summed E-state index contributed by atoms with van der Waals surface area (Å²) in [4.78, 5) is 11.5. The summed E-state index contributed by atoms with van der Waals surface area (Å²) < 4.78 is 19.5. The molecule has 0 amide bonds. The Morgan fingerprint density at radius 1 is 1.29 bits per heavy atom. The number of rotatable bonds is 2. The predicted octanol–water partition coefficient (Wildman–Crippen LogP) is 3.01.